The number of aromatic nitrogens is 2. The van der Waals surface area contributed by atoms with Gasteiger partial charge in [-0.3, -0.25) is 19.1 Å². The topological polar surface area (TPSA) is 110 Å². The first-order valence-electron chi connectivity index (χ1n) is 11.9. The fourth-order valence-electron chi connectivity index (χ4n) is 5.33. The summed E-state index contributed by atoms with van der Waals surface area (Å²) in [7, 11) is 1.94. The van der Waals surface area contributed by atoms with Crippen LogP contribution in [0.5, 0.6) is 0 Å². The molecule has 4 rings (SSSR count). The quantitative estimate of drug-likeness (QED) is 0.424. The molecule has 2 unspecified atom stereocenters. The van der Waals surface area contributed by atoms with E-state index in [0.717, 1.165) is 19.3 Å². The Kier molecular flexibility index (Phi) is 6.85. The molecule has 1 saturated heterocycles. The van der Waals surface area contributed by atoms with E-state index in [4.69, 9.17) is 12.4 Å². The number of nitrogens with zero attached hydrogens (tertiary/aromatic N) is 5. The van der Waals surface area contributed by atoms with Crippen LogP contribution in [0.4, 0.5) is 10.1 Å². The van der Waals surface area contributed by atoms with Crippen LogP contribution in [0.1, 0.15) is 37.8 Å². The highest BCUT2D eigenvalue weighted by molar-refractivity contribution is 5.87. The van der Waals surface area contributed by atoms with Crippen LogP contribution in [0.2, 0.25) is 0 Å². The fraction of sp³-hybridized carbons (Fsp3) is 0.583. The Balaban J connectivity index is 1.71. The lowest BCUT2D eigenvalue weighted by molar-refractivity contribution is -0.119. The maximum Gasteiger partial charge on any atom is 0.350 e. The minimum absolute atomic E-state index is 0.0106. The molecular weight excluding hydrogens is 453 g/mol. The maximum absolute atomic E-state index is 15.5. The minimum atomic E-state index is -0.702. The van der Waals surface area contributed by atoms with Gasteiger partial charge < -0.3 is 20.9 Å². The maximum atomic E-state index is 15.5. The first-order chi connectivity index (χ1) is 16.6. The molecule has 3 N–H and O–H groups in total. The number of likely N-dealkylation sites (N-methyl/N-ethyl adjacent to an activating group) is 1. The van der Waals surface area contributed by atoms with Gasteiger partial charge in [0.2, 0.25) is 12.5 Å². The number of rotatable bonds is 8. The third-order valence-electron chi connectivity index (χ3n) is 7.25. The zero-order valence-corrected chi connectivity index (χ0v) is 20.4. The van der Waals surface area contributed by atoms with E-state index in [1.54, 1.807) is 11.5 Å². The Morgan fingerprint density at radius 2 is 2.09 bits per heavy atom. The van der Waals surface area contributed by atoms with Crippen LogP contribution in [0.15, 0.2) is 15.7 Å². The molecule has 188 valence electrons. The first-order valence-corrected chi connectivity index (χ1v) is 11.9. The summed E-state index contributed by atoms with van der Waals surface area (Å²) in [6.45, 7) is 12.9. The van der Waals surface area contributed by atoms with Crippen LogP contribution in [0, 0.1) is 25.2 Å². The van der Waals surface area contributed by atoms with Gasteiger partial charge in [-0.25, -0.2) is 15.8 Å². The Hall–Kier alpha value is -3.39. The van der Waals surface area contributed by atoms with Gasteiger partial charge in [-0.05, 0) is 45.2 Å². The van der Waals surface area contributed by atoms with E-state index in [0.29, 0.717) is 54.2 Å². The number of carbonyl (C=O) groups is 1. The first kappa shape index (κ1) is 24.7. The molecule has 2 atom stereocenters. The molecule has 11 heteroatoms. The predicted octanol–water partition coefficient (Wildman–Crippen LogP) is 0.842. The second-order valence-corrected chi connectivity index (χ2v) is 9.65. The van der Waals surface area contributed by atoms with E-state index in [2.05, 4.69) is 15.1 Å². The normalized spacial score (nSPS) is 18.7. The van der Waals surface area contributed by atoms with Crippen molar-refractivity contribution in [2.45, 2.75) is 45.2 Å². The van der Waals surface area contributed by atoms with E-state index < -0.39 is 17.1 Å². The molecule has 1 saturated carbocycles. The number of amides is 1. The van der Waals surface area contributed by atoms with E-state index in [1.165, 1.54) is 13.0 Å². The standard InChI is InChI=1S/C24H32FN7O3/c1-14-21-18(23(34)32(26)24(35)31(21)17-5-6-17)11-19(25)22(14)30-9-7-16(13-30)20(12-28-15(2)33)29(4)10-8-27-3/h11,16-17,20H,5-10,12-13,26H2,1-2,4H3,(H,28,33). The predicted molar refractivity (Wildman–Crippen MR) is 132 cm³/mol. The third-order valence-corrected chi connectivity index (χ3v) is 7.25. The van der Waals surface area contributed by atoms with Crippen molar-refractivity contribution in [2.24, 2.45) is 5.92 Å². The zero-order chi connectivity index (χ0) is 25.4. The largest absolute Gasteiger partial charge is 0.369 e. The van der Waals surface area contributed by atoms with Gasteiger partial charge in [0, 0.05) is 44.2 Å². The number of benzene rings is 1. The number of anilines is 1. The van der Waals surface area contributed by atoms with Crippen LogP contribution >= 0.6 is 0 Å². The van der Waals surface area contributed by atoms with Crippen molar-refractivity contribution in [1.29, 1.82) is 0 Å². The number of aryl methyl sites for hydroxylation is 1. The van der Waals surface area contributed by atoms with Gasteiger partial charge in [0.05, 0.1) is 23.1 Å². The van der Waals surface area contributed by atoms with Gasteiger partial charge in [0.1, 0.15) is 5.82 Å². The summed E-state index contributed by atoms with van der Waals surface area (Å²) in [6, 6.07) is 1.15. The molecule has 1 amide bonds. The van der Waals surface area contributed by atoms with Crippen molar-refractivity contribution in [1.82, 2.24) is 19.5 Å². The molecule has 1 aliphatic carbocycles. The van der Waals surface area contributed by atoms with Gasteiger partial charge in [-0.1, -0.05) is 0 Å². The molecule has 2 aromatic rings. The molecular formula is C24H32FN7O3. The highest BCUT2D eigenvalue weighted by Gasteiger charge is 2.35. The molecule has 1 aromatic heterocycles. The lowest BCUT2D eigenvalue weighted by Gasteiger charge is -2.32. The lowest BCUT2D eigenvalue weighted by Crippen LogP contribution is -2.47. The monoisotopic (exact) mass is 485 g/mol. The van der Waals surface area contributed by atoms with Gasteiger partial charge in [-0.2, -0.15) is 4.68 Å². The summed E-state index contributed by atoms with van der Waals surface area (Å²) in [5.41, 5.74) is 0.119. The third kappa shape index (κ3) is 4.62. The van der Waals surface area contributed by atoms with Crippen LogP contribution in [-0.2, 0) is 4.79 Å². The van der Waals surface area contributed by atoms with Gasteiger partial charge in [-0.15, -0.1) is 0 Å². The Labute approximate surface area is 202 Å². The minimum Gasteiger partial charge on any atom is -0.369 e. The Morgan fingerprint density at radius 3 is 2.71 bits per heavy atom. The Morgan fingerprint density at radius 1 is 1.37 bits per heavy atom. The van der Waals surface area contributed by atoms with Crippen molar-refractivity contribution in [3.05, 3.63) is 49.7 Å². The molecule has 10 nitrogen and oxygen atoms in total. The fourth-order valence-corrected chi connectivity index (χ4v) is 5.33. The summed E-state index contributed by atoms with van der Waals surface area (Å²) in [6.07, 6.45) is 2.41. The van der Waals surface area contributed by atoms with Crippen molar-refractivity contribution < 1.29 is 9.18 Å². The second kappa shape index (κ2) is 9.70. The molecule has 1 aliphatic heterocycles. The molecule has 35 heavy (non-hydrogen) atoms. The molecule has 0 radical (unpaired) electrons. The summed E-state index contributed by atoms with van der Waals surface area (Å²) in [5, 5.41) is 3.00. The Bertz CT molecular complexity index is 1310. The van der Waals surface area contributed by atoms with E-state index >= 15 is 4.39 Å². The summed E-state index contributed by atoms with van der Waals surface area (Å²) in [5.74, 6) is 5.22. The number of carbonyl (C=O) groups excluding carboxylic acids is 1. The highest BCUT2D eigenvalue weighted by atomic mass is 19.1. The van der Waals surface area contributed by atoms with Crippen molar-refractivity contribution in [3.63, 3.8) is 0 Å². The summed E-state index contributed by atoms with van der Waals surface area (Å²) in [4.78, 5) is 44.6. The van der Waals surface area contributed by atoms with Gasteiger partial charge in [0.25, 0.3) is 5.56 Å². The van der Waals surface area contributed by atoms with Crippen molar-refractivity contribution in [2.75, 3.05) is 50.5 Å². The molecule has 2 heterocycles. The van der Waals surface area contributed by atoms with Crippen molar-refractivity contribution >= 4 is 22.5 Å². The van der Waals surface area contributed by atoms with Crippen LogP contribution < -0.4 is 27.3 Å². The van der Waals surface area contributed by atoms with Crippen molar-refractivity contribution in [3.8, 4) is 0 Å². The molecule has 1 aromatic carbocycles. The van der Waals surface area contributed by atoms with Crippen LogP contribution in [-0.4, -0.2) is 65.9 Å². The highest BCUT2D eigenvalue weighted by Crippen LogP contribution is 2.39. The average molecular weight is 486 g/mol. The smallest absolute Gasteiger partial charge is 0.350 e. The lowest BCUT2D eigenvalue weighted by atomic mass is 9.97. The summed E-state index contributed by atoms with van der Waals surface area (Å²) < 4.78 is 17.6. The number of hydrogen-bond donors (Lipinski definition) is 2. The number of hydrogen-bond acceptors (Lipinski definition) is 6. The second-order valence-electron chi connectivity index (χ2n) is 9.65. The van der Waals surface area contributed by atoms with Crippen LogP contribution in [0.3, 0.4) is 0 Å². The number of halogens is 1. The molecule has 0 bridgehead atoms. The van der Waals surface area contributed by atoms with Gasteiger partial charge >= 0.3 is 5.69 Å². The van der Waals surface area contributed by atoms with Gasteiger partial charge in [0.15, 0.2) is 0 Å². The number of nitrogen functional groups attached to an aromatic ring is 1. The number of nitrogens with one attached hydrogen (secondary N) is 1. The number of fused-ring (bicyclic) bond motifs is 1. The SMILES string of the molecule is [C-]#[N+]CCN(C)C(CNC(C)=O)C1CCN(c2c(F)cc3c(=O)n(N)c(=O)n(C4CC4)c3c2C)C1. The van der Waals surface area contributed by atoms with E-state index in [1.807, 2.05) is 11.9 Å². The molecule has 2 aliphatic rings. The molecule has 2 fully saturated rings. The van der Waals surface area contributed by atoms with Crippen LogP contribution in [0.25, 0.3) is 15.7 Å². The van der Waals surface area contributed by atoms with E-state index in [9.17, 15) is 14.4 Å². The average Bonchev–Trinajstić information content (AvgIpc) is 3.54. The van der Waals surface area contributed by atoms with E-state index in [-0.39, 0.29) is 29.3 Å². The summed E-state index contributed by atoms with van der Waals surface area (Å²) >= 11 is 0. The number of nitrogens with two attached hydrogens (primary N) is 1. The molecule has 0 spiro atoms. The zero-order valence-electron chi connectivity index (χ0n) is 20.4.